The van der Waals surface area contributed by atoms with E-state index in [1.807, 2.05) is 27.7 Å². The summed E-state index contributed by atoms with van der Waals surface area (Å²) in [6.07, 6.45) is 0.370. The highest BCUT2D eigenvalue weighted by Crippen LogP contribution is 2.07. The van der Waals surface area contributed by atoms with Gasteiger partial charge in [-0.3, -0.25) is 4.79 Å². The van der Waals surface area contributed by atoms with Gasteiger partial charge in [0.15, 0.2) is 0 Å². The number of carbonyl (C=O) groups excluding carboxylic acids is 1. The van der Waals surface area contributed by atoms with Crippen molar-refractivity contribution >= 4 is 5.97 Å². The zero-order valence-electron chi connectivity index (χ0n) is 10.2. The van der Waals surface area contributed by atoms with E-state index in [1.165, 1.54) is 0 Å². The number of carbonyl (C=O) groups is 1. The molecule has 2 N–H and O–H groups in total. The Kier molecular flexibility index (Phi) is 6.52. The molecule has 15 heavy (non-hydrogen) atoms. The highest BCUT2D eigenvalue weighted by molar-refractivity contribution is 5.70. The third kappa shape index (κ3) is 9.69. The maximum Gasteiger partial charge on any atom is 0.307 e. The Balaban J connectivity index is 3.48. The summed E-state index contributed by atoms with van der Waals surface area (Å²) in [6, 6.07) is 0. The highest BCUT2D eigenvalue weighted by Gasteiger charge is 2.15. The van der Waals surface area contributed by atoms with Crippen LogP contribution in [0.3, 0.4) is 0 Å². The molecule has 0 amide bonds. The van der Waals surface area contributed by atoms with Crippen molar-refractivity contribution < 1.29 is 14.6 Å². The van der Waals surface area contributed by atoms with Crippen molar-refractivity contribution in [3.8, 4) is 0 Å². The molecule has 0 rings (SSSR count). The van der Waals surface area contributed by atoms with Crippen LogP contribution < -0.4 is 5.32 Å². The van der Waals surface area contributed by atoms with Gasteiger partial charge >= 0.3 is 5.97 Å². The first-order chi connectivity index (χ1) is 6.85. The third-order valence-electron chi connectivity index (χ3n) is 1.73. The van der Waals surface area contributed by atoms with Crippen LogP contribution in [0.4, 0.5) is 0 Å². The van der Waals surface area contributed by atoms with Gasteiger partial charge in [-0.05, 0) is 33.2 Å². The molecule has 0 radical (unpaired) electrons. The Labute approximate surface area is 92.0 Å². The molecule has 0 spiro atoms. The molecular weight excluding hydrogens is 194 g/mol. The van der Waals surface area contributed by atoms with Gasteiger partial charge in [0, 0.05) is 13.2 Å². The quantitative estimate of drug-likeness (QED) is 0.513. The van der Waals surface area contributed by atoms with E-state index in [0.717, 1.165) is 6.54 Å². The second-order valence-electron chi connectivity index (χ2n) is 4.83. The van der Waals surface area contributed by atoms with Crippen LogP contribution in [-0.4, -0.2) is 36.4 Å². The fraction of sp³-hybridized carbons (Fsp3) is 0.909. The fourth-order valence-electron chi connectivity index (χ4n) is 0.996. The molecule has 4 nitrogen and oxygen atoms in total. The molecule has 0 saturated heterocycles. The van der Waals surface area contributed by atoms with Gasteiger partial charge in [0.25, 0.3) is 0 Å². The lowest BCUT2D eigenvalue weighted by Gasteiger charge is -2.19. The van der Waals surface area contributed by atoms with E-state index < -0.39 is 5.60 Å². The molecule has 1 atom stereocenters. The molecule has 0 fully saturated rings. The Morgan fingerprint density at radius 2 is 2.07 bits per heavy atom. The standard InChI is InChI=1S/C11H23NO3/c1-9(8-13)7-12-6-5-10(14)15-11(2,3)4/h9,12-13H,5-8H2,1-4H3. The van der Waals surface area contributed by atoms with Gasteiger partial charge in [0.2, 0.25) is 0 Å². The number of aliphatic hydroxyl groups excluding tert-OH is 1. The van der Waals surface area contributed by atoms with Crippen LogP contribution in [0, 0.1) is 5.92 Å². The average molecular weight is 217 g/mol. The van der Waals surface area contributed by atoms with Crippen LogP contribution in [-0.2, 0) is 9.53 Å². The summed E-state index contributed by atoms with van der Waals surface area (Å²) in [5, 5.41) is 11.9. The molecule has 0 aliphatic carbocycles. The van der Waals surface area contributed by atoms with Crippen molar-refractivity contribution in [1.82, 2.24) is 5.32 Å². The van der Waals surface area contributed by atoms with Crippen LogP contribution in [0.15, 0.2) is 0 Å². The maximum absolute atomic E-state index is 11.3. The minimum absolute atomic E-state index is 0.166. The van der Waals surface area contributed by atoms with Gasteiger partial charge in [-0.15, -0.1) is 0 Å². The zero-order valence-corrected chi connectivity index (χ0v) is 10.2. The minimum Gasteiger partial charge on any atom is -0.460 e. The molecule has 1 unspecified atom stereocenters. The second kappa shape index (κ2) is 6.80. The Morgan fingerprint density at radius 1 is 1.47 bits per heavy atom. The number of ether oxygens (including phenoxy) is 1. The maximum atomic E-state index is 11.3. The number of rotatable bonds is 6. The lowest BCUT2D eigenvalue weighted by molar-refractivity contribution is -0.154. The number of esters is 1. The van der Waals surface area contributed by atoms with E-state index in [0.29, 0.717) is 13.0 Å². The summed E-state index contributed by atoms with van der Waals surface area (Å²) in [5.74, 6) is 0.0373. The van der Waals surface area contributed by atoms with Gasteiger partial charge in [0.1, 0.15) is 5.60 Å². The smallest absolute Gasteiger partial charge is 0.307 e. The molecule has 0 aromatic rings. The monoisotopic (exact) mass is 217 g/mol. The van der Waals surface area contributed by atoms with Crippen molar-refractivity contribution in [2.24, 2.45) is 5.92 Å². The third-order valence-corrected chi connectivity index (χ3v) is 1.73. The van der Waals surface area contributed by atoms with E-state index in [-0.39, 0.29) is 18.5 Å². The molecule has 0 aliphatic rings. The second-order valence-corrected chi connectivity index (χ2v) is 4.83. The number of hydrogen-bond acceptors (Lipinski definition) is 4. The number of nitrogens with one attached hydrogen (secondary N) is 1. The first-order valence-electron chi connectivity index (χ1n) is 5.38. The normalized spacial score (nSPS) is 13.7. The van der Waals surface area contributed by atoms with E-state index in [2.05, 4.69) is 5.32 Å². The lowest BCUT2D eigenvalue weighted by Crippen LogP contribution is -2.29. The summed E-state index contributed by atoms with van der Waals surface area (Å²) in [7, 11) is 0. The zero-order chi connectivity index (χ0) is 11.9. The topological polar surface area (TPSA) is 58.6 Å². The molecular formula is C11H23NO3. The van der Waals surface area contributed by atoms with Crippen LogP contribution in [0.5, 0.6) is 0 Å². The summed E-state index contributed by atoms with van der Waals surface area (Å²) < 4.78 is 5.14. The first kappa shape index (κ1) is 14.4. The van der Waals surface area contributed by atoms with Crippen molar-refractivity contribution in [3.05, 3.63) is 0 Å². The Bertz CT molecular complexity index is 187. The molecule has 0 aromatic heterocycles. The highest BCUT2D eigenvalue weighted by atomic mass is 16.6. The van der Waals surface area contributed by atoms with Gasteiger partial charge in [-0.2, -0.15) is 0 Å². The summed E-state index contributed by atoms with van der Waals surface area (Å²) in [6.45, 7) is 8.99. The predicted molar refractivity (Wildman–Crippen MR) is 59.6 cm³/mol. The number of aliphatic hydroxyl groups is 1. The minimum atomic E-state index is -0.407. The fourth-order valence-corrected chi connectivity index (χ4v) is 0.996. The van der Waals surface area contributed by atoms with Crippen LogP contribution in [0.25, 0.3) is 0 Å². The molecule has 0 aromatic carbocycles. The van der Waals surface area contributed by atoms with Crippen LogP contribution in [0.1, 0.15) is 34.1 Å². The average Bonchev–Trinajstić information content (AvgIpc) is 2.09. The largest absolute Gasteiger partial charge is 0.460 e. The lowest BCUT2D eigenvalue weighted by atomic mass is 10.2. The molecule has 0 bridgehead atoms. The van der Waals surface area contributed by atoms with E-state index >= 15 is 0 Å². The summed E-state index contributed by atoms with van der Waals surface area (Å²) in [5.41, 5.74) is -0.407. The van der Waals surface area contributed by atoms with Gasteiger partial charge in [-0.25, -0.2) is 0 Å². The molecule has 90 valence electrons. The van der Waals surface area contributed by atoms with E-state index in [4.69, 9.17) is 9.84 Å². The molecule has 0 heterocycles. The SMILES string of the molecule is CC(CO)CNCCC(=O)OC(C)(C)C. The van der Waals surface area contributed by atoms with Crippen molar-refractivity contribution in [2.75, 3.05) is 19.7 Å². The van der Waals surface area contributed by atoms with Gasteiger partial charge in [0.05, 0.1) is 6.42 Å². The van der Waals surface area contributed by atoms with Crippen LogP contribution in [0.2, 0.25) is 0 Å². The molecule has 0 saturated carbocycles. The number of hydrogen-bond donors (Lipinski definition) is 2. The van der Waals surface area contributed by atoms with Gasteiger partial charge in [-0.1, -0.05) is 6.92 Å². The summed E-state index contributed by atoms with van der Waals surface area (Å²) in [4.78, 5) is 11.3. The molecule has 0 aliphatic heterocycles. The van der Waals surface area contributed by atoms with Crippen molar-refractivity contribution in [1.29, 1.82) is 0 Å². The molecule has 4 heteroatoms. The first-order valence-corrected chi connectivity index (χ1v) is 5.38. The Morgan fingerprint density at radius 3 is 2.53 bits per heavy atom. The van der Waals surface area contributed by atoms with Crippen LogP contribution >= 0.6 is 0 Å². The van der Waals surface area contributed by atoms with Crippen molar-refractivity contribution in [2.45, 2.75) is 39.7 Å². The Hall–Kier alpha value is -0.610. The van der Waals surface area contributed by atoms with Crippen molar-refractivity contribution in [3.63, 3.8) is 0 Å². The summed E-state index contributed by atoms with van der Waals surface area (Å²) >= 11 is 0. The predicted octanol–water partition coefficient (Wildman–Crippen LogP) is 0.936. The van der Waals surface area contributed by atoms with Gasteiger partial charge < -0.3 is 15.2 Å². The van der Waals surface area contributed by atoms with E-state index in [9.17, 15) is 4.79 Å². The van der Waals surface area contributed by atoms with E-state index in [1.54, 1.807) is 0 Å².